The molecular weight excluding hydrogens is 206 g/mol. The summed E-state index contributed by atoms with van der Waals surface area (Å²) in [4.78, 5) is 4.24. The average molecular weight is 221 g/mol. The van der Waals surface area contributed by atoms with Crippen molar-refractivity contribution < 1.29 is 9.47 Å². The first-order valence-corrected chi connectivity index (χ1v) is 5.57. The molecule has 0 saturated carbocycles. The van der Waals surface area contributed by atoms with Crippen molar-refractivity contribution in [1.82, 2.24) is 4.98 Å². The van der Waals surface area contributed by atoms with Gasteiger partial charge in [0.25, 0.3) is 0 Å². The molecule has 3 rings (SSSR count). The predicted octanol–water partition coefficient (Wildman–Crippen LogP) is 0.703. The van der Waals surface area contributed by atoms with Gasteiger partial charge in [-0.2, -0.15) is 0 Å². The van der Waals surface area contributed by atoms with Gasteiger partial charge in [-0.05, 0) is 6.07 Å². The van der Waals surface area contributed by atoms with Gasteiger partial charge in [0.2, 0.25) is 0 Å². The number of pyridine rings is 1. The molecule has 2 atom stereocenters. The van der Waals surface area contributed by atoms with Crippen LogP contribution in [0.5, 0.6) is 0 Å². The minimum atomic E-state index is 0.373. The van der Waals surface area contributed by atoms with Gasteiger partial charge >= 0.3 is 0 Å². The van der Waals surface area contributed by atoms with Crippen LogP contribution in [0.15, 0.2) is 18.3 Å². The predicted molar refractivity (Wildman–Crippen MR) is 60.7 cm³/mol. The summed E-state index contributed by atoms with van der Waals surface area (Å²) in [5.41, 5.74) is 1.07. The summed E-state index contributed by atoms with van der Waals surface area (Å²) < 4.78 is 10.3. The van der Waals surface area contributed by atoms with Crippen LogP contribution in [0.1, 0.15) is 0 Å². The van der Waals surface area contributed by atoms with Crippen LogP contribution in [0.2, 0.25) is 0 Å². The lowest BCUT2D eigenvalue weighted by atomic mass is 10.3. The van der Waals surface area contributed by atoms with E-state index < -0.39 is 0 Å². The fraction of sp³-hybridized carbons (Fsp3) is 0.545. The fourth-order valence-corrected chi connectivity index (χ4v) is 1.46. The van der Waals surface area contributed by atoms with Crippen molar-refractivity contribution in [2.75, 3.05) is 36.9 Å². The van der Waals surface area contributed by atoms with E-state index >= 15 is 0 Å². The highest BCUT2D eigenvalue weighted by molar-refractivity contribution is 5.52. The molecule has 0 aromatic carbocycles. The van der Waals surface area contributed by atoms with Crippen LogP contribution in [-0.2, 0) is 9.47 Å². The molecule has 0 spiro atoms. The third-order valence-corrected chi connectivity index (χ3v) is 2.61. The van der Waals surface area contributed by atoms with Gasteiger partial charge in [-0.25, -0.2) is 4.98 Å². The van der Waals surface area contributed by atoms with Gasteiger partial charge in [0, 0.05) is 31.0 Å². The average Bonchev–Trinajstić information content (AvgIpc) is 3.17. The van der Waals surface area contributed by atoms with Crippen molar-refractivity contribution in [2.24, 2.45) is 0 Å². The minimum absolute atomic E-state index is 0.373. The lowest BCUT2D eigenvalue weighted by Crippen LogP contribution is -2.10. The highest BCUT2D eigenvalue weighted by atomic mass is 16.6. The number of rotatable bonds is 6. The Kier molecular flexibility index (Phi) is 2.63. The maximum Gasteiger partial charge on any atom is 0.128 e. The van der Waals surface area contributed by atoms with Gasteiger partial charge < -0.3 is 20.1 Å². The largest absolute Gasteiger partial charge is 0.382 e. The van der Waals surface area contributed by atoms with Crippen molar-refractivity contribution in [1.29, 1.82) is 0 Å². The monoisotopic (exact) mass is 221 g/mol. The number of aromatic nitrogens is 1. The lowest BCUT2D eigenvalue weighted by molar-refractivity contribution is 0.416. The number of nitrogens with zero attached hydrogens (tertiary/aromatic N) is 1. The highest BCUT2D eigenvalue weighted by Gasteiger charge is 2.22. The molecule has 2 unspecified atom stereocenters. The van der Waals surface area contributed by atoms with E-state index in [0.717, 1.165) is 37.8 Å². The Balaban J connectivity index is 1.52. The molecule has 5 heteroatoms. The van der Waals surface area contributed by atoms with Gasteiger partial charge in [-0.15, -0.1) is 0 Å². The highest BCUT2D eigenvalue weighted by Crippen LogP contribution is 2.16. The minimum Gasteiger partial charge on any atom is -0.382 e. The van der Waals surface area contributed by atoms with E-state index in [0.29, 0.717) is 12.2 Å². The number of nitrogens with one attached hydrogen (secondary N) is 2. The number of ether oxygens (including phenoxy) is 2. The van der Waals surface area contributed by atoms with Crippen LogP contribution in [0, 0.1) is 0 Å². The second-order valence-corrected chi connectivity index (χ2v) is 4.10. The molecule has 0 radical (unpaired) electrons. The summed E-state index contributed by atoms with van der Waals surface area (Å²) in [6.45, 7) is 3.45. The molecule has 1 aromatic heterocycles. The van der Waals surface area contributed by atoms with Crippen LogP contribution >= 0.6 is 0 Å². The molecule has 16 heavy (non-hydrogen) atoms. The Hall–Kier alpha value is -1.33. The number of hydrogen-bond donors (Lipinski definition) is 2. The molecular formula is C11H15N3O2. The van der Waals surface area contributed by atoms with E-state index in [1.54, 1.807) is 6.20 Å². The first kappa shape index (κ1) is 9.86. The molecule has 2 aliphatic heterocycles. The van der Waals surface area contributed by atoms with Gasteiger partial charge in [0.15, 0.2) is 0 Å². The molecule has 0 amide bonds. The van der Waals surface area contributed by atoms with Crippen molar-refractivity contribution in [3.8, 4) is 0 Å². The Bertz CT molecular complexity index is 333. The molecule has 2 fully saturated rings. The smallest absolute Gasteiger partial charge is 0.128 e. The normalized spacial score (nSPS) is 26.2. The standard InChI is InChI=1S/C11H15N3O2/c1-2-12-11(14-5-10-7-16-10)3-8(1)13-4-9-6-15-9/h1-3,9-10H,4-7H2,(H2,12,13,14). The van der Waals surface area contributed by atoms with Gasteiger partial charge in [-0.3, -0.25) is 0 Å². The lowest BCUT2D eigenvalue weighted by Gasteiger charge is -2.07. The van der Waals surface area contributed by atoms with E-state index in [1.165, 1.54) is 0 Å². The molecule has 5 nitrogen and oxygen atoms in total. The van der Waals surface area contributed by atoms with Crippen molar-refractivity contribution >= 4 is 11.5 Å². The third kappa shape index (κ3) is 2.84. The second kappa shape index (κ2) is 4.27. The van der Waals surface area contributed by atoms with Gasteiger partial charge in [0.1, 0.15) is 5.82 Å². The zero-order valence-electron chi connectivity index (χ0n) is 8.98. The summed E-state index contributed by atoms with van der Waals surface area (Å²) in [5, 5.41) is 6.56. The van der Waals surface area contributed by atoms with E-state index in [2.05, 4.69) is 15.6 Å². The first-order valence-electron chi connectivity index (χ1n) is 5.57. The molecule has 0 aliphatic carbocycles. The Labute approximate surface area is 94.2 Å². The van der Waals surface area contributed by atoms with E-state index in [-0.39, 0.29) is 0 Å². The summed E-state index contributed by atoms with van der Waals surface area (Å²) in [5.74, 6) is 0.886. The summed E-state index contributed by atoms with van der Waals surface area (Å²) in [6, 6.07) is 3.96. The Morgan fingerprint density at radius 2 is 1.88 bits per heavy atom. The number of hydrogen-bond acceptors (Lipinski definition) is 5. The van der Waals surface area contributed by atoms with E-state index in [4.69, 9.17) is 9.47 Å². The molecule has 86 valence electrons. The fourth-order valence-electron chi connectivity index (χ4n) is 1.46. The maximum absolute atomic E-state index is 5.14. The summed E-state index contributed by atoms with van der Waals surface area (Å²) >= 11 is 0. The first-order chi connectivity index (χ1) is 7.90. The zero-order chi connectivity index (χ0) is 10.8. The van der Waals surface area contributed by atoms with Crippen molar-refractivity contribution in [3.63, 3.8) is 0 Å². The quantitative estimate of drug-likeness (QED) is 0.692. The topological polar surface area (TPSA) is 62.0 Å². The Morgan fingerprint density at radius 1 is 1.19 bits per heavy atom. The maximum atomic E-state index is 5.14. The molecule has 2 saturated heterocycles. The van der Waals surface area contributed by atoms with E-state index in [1.807, 2.05) is 12.1 Å². The van der Waals surface area contributed by atoms with Gasteiger partial charge in [0.05, 0.1) is 25.4 Å². The zero-order valence-corrected chi connectivity index (χ0v) is 8.98. The number of anilines is 2. The van der Waals surface area contributed by atoms with Crippen LogP contribution in [0.3, 0.4) is 0 Å². The second-order valence-electron chi connectivity index (χ2n) is 4.10. The molecule has 3 heterocycles. The molecule has 2 aliphatic rings. The molecule has 2 N–H and O–H groups in total. The molecule has 0 bridgehead atoms. The van der Waals surface area contributed by atoms with Crippen molar-refractivity contribution in [2.45, 2.75) is 12.2 Å². The number of epoxide rings is 2. The SMILES string of the molecule is c1cc(NCC2CO2)cc(NCC2CO2)n1. The van der Waals surface area contributed by atoms with Crippen LogP contribution in [-0.4, -0.2) is 43.5 Å². The Morgan fingerprint density at radius 3 is 2.56 bits per heavy atom. The van der Waals surface area contributed by atoms with Crippen molar-refractivity contribution in [3.05, 3.63) is 18.3 Å². The van der Waals surface area contributed by atoms with E-state index in [9.17, 15) is 0 Å². The summed E-state index contributed by atoms with van der Waals surface area (Å²) in [6.07, 6.45) is 2.56. The van der Waals surface area contributed by atoms with Crippen LogP contribution in [0.25, 0.3) is 0 Å². The summed E-state index contributed by atoms with van der Waals surface area (Å²) in [7, 11) is 0. The van der Waals surface area contributed by atoms with Crippen LogP contribution in [0.4, 0.5) is 11.5 Å². The van der Waals surface area contributed by atoms with Gasteiger partial charge in [-0.1, -0.05) is 0 Å². The molecule has 1 aromatic rings. The van der Waals surface area contributed by atoms with Crippen LogP contribution < -0.4 is 10.6 Å². The third-order valence-electron chi connectivity index (χ3n) is 2.61.